The molecule has 0 amide bonds. The Morgan fingerprint density at radius 3 is 2.80 bits per heavy atom. The molecule has 0 aromatic carbocycles. The Morgan fingerprint density at radius 2 is 2.20 bits per heavy atom. The van der Waals surface area contributed by atoms with Crippen LogP contribution in [0.2, 0.25) is 0 Å². The summed E-state index contributed by atoms with van der Waals surface area (Å²) in [4.78, 5) is 10.9. The van der Waals surface area contributed by atoms with Crippen LogP contribution in [0.25, 0.3) is 0 Å². The highest BCUT2D eigenvalue weighted by molar-refractivity contribution is 5.43. The van der Waals surface area contributed by atoms with Gasteiger partial charge >= 0.3 is 0 Å². The van der Waals surface area contributed by atoms with E-state index in [-0.39, 0.29) is 5.41 Å². The first kappa shape index (κ1) is 10.4. The van der Waals surface area contributed by atoms with Crippen LogP contribution in [0.4, 0.5) is 5.82 Å². The van der Waals surface area contributed by atoms with Crippen molar-refractivity contribution in [2.45, 2.75) is 20.3 Å². The van der Waals surface area contributed by atoms with Gasteiger partial charge in [-0.2, -0.15) is 0 Å². The summed E-state index contributed by atoms with van der Waals surface area (Å²) < 4.78 is 0. The molecule has 2 rings (SSSR count). The van der Waals surface area contributed by atoms with Crippen LogP contribution in [0.3, 0.4) is 0 Å². The van der Waals surface area contributed by atoms with Crippen molar-refractivity contribution in [1.29, 1.82) is 0 Å². The van der Waals surface area contributed by atoms with Gasteiger partial charge in [0.05, 0.1) is 5.69 Å². The number of aryl methyl sites for hydroxylation is 1. The Kier molecular flexibility index (Phi) is 2.61. The Hall–Kier alpha value is -1.16. The van der Waals surface area contributed by atoms with Gasteiger partial charge in [-0.15, -0.1) is 0 Å². The van der Waals surface area contributed by atoms with Crippen LogP contribution in [0.5, 0.6) is 0 Å². The SMILES string of the molecule is Cc1nccnc1N1CCC(C)(CN)C1. The summed E-state index contributed by atoms with van der Waals surface area (Å²) in [6.45, 7) is 7.00. The average molecular weight is 206 g/mol. The maximum atomic E-state index is 5.78. The summed E-state index contributed by atoms with van der Waals surface area (Å²) in [5.41, 5.74) is 7.02. The fourth-order valence-electron chi connectivity index (χ4n) is 2.08. The summed E-state index contributed by atoms with van der Waals surface area (Å²) in [6.07, 6.45) is 4.62. The first-order chi connectivity index (χ1) is 7.14. The average Bonchev–Trinajstić information content (AvgIpc) is 2.63. The molecule has 0 spiro atoms. The quantitative estimate of drug-likeness (QED) is 0.783. The molecule has 1 aromatic heterocycles. The molecule has 1 atom stereocenters. The van der Waals surface area contributed by atoms with E-state index in [4.69, 9.17) is 5.73 Å². The topological polar surface area (TPSA) is 55.0 Å². The van der Waals surface area contributed by atoms with Gasteiger partial charge in [0, 0.05) is 25.5 Å². The molecule has 1 saturated heterocycles. The van der Waals surface area contributed by atoms with E-state index in [0.29, 0.717) is 0 Å². The zero-order valence-corrected chi connectivity index (χ0v) is 9.40. The van der Waals surface area contributed by atoms with Crippen LogP contribution >= 0.6 is 0 Å². The van der Waals surface area contributed by atoms with E-state index in [1.165, 1.54) is 0 Å². The third-order valence-corrected chi connectivity index (χ3v) is 3.21. The first-order valence-electron chi connectivity index (χ1n) is 5.37. The standard InChI is InChI=1S/C11H18N4/c1-9-10(14-5-4-13-9)15-6-3-11(2,7-12)8-15/h4-5H,3,6-8,12H2,1-2H3. The highest BCUT2D eigenvalue weighted by Gasteiger charge is 2.33. The summed E-state index contributed by atoms with van der Waals surface area (Å²) in [5.74, 6) is 1.01. The summed E-state index contributed by atoms with van der Waals surface area (Å²) in [6, 6.07) is 0. The lowest BCUT2D eigenvalue weighted by Gasteiger charge is -2.23. The van der Waals surface area contributed by atoms with E-state index in [0.717, 1.165) is 37.6 Å². The number of hydrogen-bond acceptors (Lipinski definition) is 4. The normalized spacial score (nSPS) is 25.9. The van der Waals surface area contributed by atoms with Crippen molar-refractivity contribution in [3.05, 3.63) is 18.1 Å². The molecular formula is C11H18N4. The smallest absolute Gasteiger partial charge is 0.150 e. The molecule has 2 heterocycles. The minimum absolute atomic E-state index is 0.240. The molecule has 4 nitrogen and oxygen atoms in total. The minimum atomic E-state index is 0.240. The molecule has 82 valence electrons. The van der Waals surface area contributed by atoms with Crippen LogP contribution < -0.4 is 10.6 Å². The fraction of sp³-hybridized carbons (Fsp3) is 0.636. The molecule has 0 aliphatic carbocycles. The highest BCUT2D eigenvalue weighted by Crippen LogP contribution is 2.31. The predicted octanol–water partition coefficient (Wildman–Crippen LogP) is 0.960. The van der Waals surface area contributed by atoms with Gasteiger partial charge < -0.3 is 10.6 Å². The minimum Gasteiger partial charge on any atom is -0.355 e. The molecule has 1 unspecified atom stereocenters. The number of nitrogens with two attached hydrogens (primary N) is 1. The summed E-state index contributed by atoms with van der Waals surface area (Å²) in [5, 5.41) is 0. The zero-order chi connectivity index (χ0) is 10.9. The first-order valence-corrected chi connectivity index (χ1v) is 5.37. The Labute approximate surface area is 90.5 Å². The maximum Gasteiger partial charge on any atom is 0.150 e. The van der Waals surface area contributed by atoms with Gasteiger partial charge in [0.2, 0.25) is 0 Å². The Balaban J connectivity index is 2.18. The zero-order valence-electron chi connectivity index (χ0n) is 9.40. The molecule has 2 N–H and O–H groups in total. The molecule has 0 bridgehead atoms. The van der Waals surface area contributed by atoms with Crippen LogP contribution in [0.1, 0.15) is 19.0 Å². The van der Waals surface area contributed by atoms with E-state index in [9.17, 15) is 0 Å². The maximum absolute atomic E-state index is 5.78. The number of aromatic nitrogens is 2. The van der Waals surface area contributed by atoms with E-state index in [1.54, 1.807) is 12.4 Å². The van der Waals surface area contributed by atoms with Crippen molar-refractivity contribution < 1.29 is 0 Å². The third-order valence-electron chi connectivity index (χ3n) is 3.21. The molecule has 0 radical (unpaired) electrons. The molecule has 1 aromatic rings. The van der Waals surface area contributed by atoms with E-state index < -0.39 is 0 Å². The van der Waals surface area contributed by atoms with Gasteiger partial charge in [-0.05, 0) is 25.3 Å². The number of hydrogen-bond donors (Lipinski definition) is 1. The van der Waals surface area contributed by atoms with Crippen LogP contribution in [0, 0.1) is 12.3 Å². The second-order valence-corrected chi connectivity index (χ2v) is 4.65. The van der Waals surface area contributed by atoms with Gasteiger partial charge in [-0.1, -0.05) is 6.92 Å². The molecule has 4 heteroatoms. The van der Waals surface area contributed by atoms with Crippen molar-refractivity contribution in [1.82, 2.24) is 9.97 Å². The monoisotopic (exact) mass is 206 g/mol. The van der Waals surface area contributed by atoms with E-state index in [2.05, 4.69) is 21.8 Å². The molecule has 0 saturated carbocycles. The van der Waals surface area contributed by atoms with Gasteiger partial charge in [-0.3, -0.25) is 4.98 Å². The van der Waals surface area contributed by atoms with Gasteiger partial charge in [0.25, 0.3) is 0 Å². The Bertz CT molecular complexity index is 352. The van der Waals surface area contributed by atoms with Gasteiger partial charge in [0.1, 0.15) is 5.82 Å². The molecule has 15 heavy (non-hydrogen) atoms. The highest BCUT2D eigenvalue weighted by atomic mass is 15.2. The number of rotatable bonds is 2. The van der Waals surface area contributed by atoms with Crippen LogP contribution in [-0.4, -0.2) is 29.6 Å². The van der Waals surface area contributed by atoms with Crippen molar-refractivity contribution in [3.63, 3.8) is 0 Å². The second-order valence-electron chi connectivity index (χ2n) is 4.65. The number of nitrogens with zero attached hydrogens (tertiary/aromatic N) is 3. The fourth-order valence-corrected chi connectivity index (χ4v) is 2.08. The summed E-state index contributed by atoms with van der Waals surface area (Å²) >= 11 is 0. The third kappa shape index (κ3) is 1.95. The van der Waals surface area contributed by atoms with Gasteiger partial charge in [0.15, 0.2) is 0 Å². The molecule has 1 fully saturated rings. The lowest BCUT2D eigenvalue weighted by atomic mass is 9.90. The van der Waals surface area contributed by atoms with Gasteiger partial charge in [-0.25, -0.2) is 4.98 Å². The van der Waals surface area contributed by atoms with Crippen molar-refractivity contribution in [2.24, 2.45) is 11.1 Å². The van der Waals surface area contributed by atoms with Crippen LogP contribution in [0.15, 0.2) is 12.4 Å². The van der Waals surface area contributed by atoms with Crippen molar-refractivity contribution in [2.75, 3.05) is 24.5 Å². The van der Waals surface area contributed by atoms with E-state index >= 15 is 0 Å². The molecule has 1 aliphatic rings. The van der Waals surface area contributed by atoms with Crippen molar-refractivity contribution in [3.8, 4) is 0 Å². The Morgan fingerprint density at radius 1 is 1.47 bits per heavy atom. The lowest BCUT2D eigenvalue weighted by molar-refractivity contribution is 0.383. The second kappa shape index (κ2) is 3.77. The summed E-state index contributed by atoms with van der Waals surface area (Å²) in [7, 11) is 0. The largest absolute Gasteiger partial charge is 0.355 e. The van der Waals surface area contributed by atoms with E-state index in [1.807, 2.05) is 6.92 Å². The van der Waals surface area contributed by atoms with Crippen LogP contribution in [-0.2, 0) is 0 Å². The predicted molar refractivity (Wildman–Crippen MR) is 60.8 cm³/mol. The molecule has 1 aliphatic heterocycles. The molecular weight excluding hydrogens is 188 g/mol. The lowest BCUT2D eigenvalue weighted by Crippen LogP contribution is -2.31. The van der Waals surface area contributed by atoms with Crippen molar-refractivity contribution >= 4 is 5.82 Å². The number of anilines is 1.